The average molecular weight is 677 g/mol. The number of nitrogens with zero attached hydrogens (tertiary/aromatic N) is 4. The monoisotopic (exact) mass is 676 g/mol. The molecule has 1 aromatic carbocycles. The van der Waals surface area contributed by atoms with E-state index in [9.17, 15) is 19.5 Å². The van der Waals surface area contributed by atoms with Gasteiger partial charge in [0.05, 0.1) is 42.3 Å². The molecule has 4 aromatic rings. The number of amides is 1. The number of aromatic nitrogens is 3. The Kier molecular flexibility index (Phi) is 8.84. The van der Waals surface area contributed by atoms with Gasteiger partial charge in [0.15, 0.2) is 0 Å². The topological polar surface area (TPSA) is 129 Å². The van der Waals surface area contributed by atoms with Gasteiger partial charge in [0.1, 0.15) is 28.5 Å². The summed E-state index contributed by atoms with van der Waals surface area (Å²) in [7, 11) is 1.61. The molecule has 12 heteroatoms. The van der Waals surface area contributed by atoms with Crippen LogP contribution in [0.3, 0.4) is 0 Å². The molecule has 2 saturated carbocycles. The van der Waals surface area contributed by atoms with Gasteiger partial charge in [-0.25, -0.2) is 14.3 Å². The largest absolute Gasteiger partial charge is 0.496 e. The number of carbonyl (C=O) groups is 1. The first kappa shape index (κ1) is 32.8. The van der Waals surface area contributed by atoms with Crippen molar-refractivity contribution in [2.75, 3.05) is 20.2 Å². The van der Waals surface area contributed by atoms with E-state index in [4.69, 9.17) is 13.9 Å². The van der Waals surface area contributed by atoms with Gasteiger partial charge in [-0.1, -0.05) is 18.2 Å². The van der Waals surface area contributed by atoms with E-state index >= 15 is 0 Å². The minimum atomic E-state index is -1.44. The lowest BCUT2D eigenvalue weighted by Crippen LogP contribution is -2.57. The molecule has 3 unspecified atom stereocenters. The Morgan fingerprint density at radius 2 is 1.81 bits per heavy atom. The number of oxazole rings is 1. The van der Waals surface area contributed by atoms with Gasteiger partial charge in [-0.05, 0) is 89.2 Å². The molecule has 2 aliphatic carbocycles. The molecular weight excluding hydrogens is 632 g/mol. The van der Waals surface area contributed by atoms with Gasteiger partial charge >= 0.3 is 5.69 Å². The normalized spacial score (nSPS) is 23.5. The number of fused-ring (bicyclic) bond motifs is 2. The van der Waals surface area contributed by atoms with Gasteiger partial charge < -0.3 is 23.9 Å². The highest BCUT2D eigenvalue weighted by Gasteiger charge is 2.43. The lowest BCUT2D eigenvalue weighted by molar-refractivity contribution is -0.140. The van der Waals surface area contributed by atoms with Gasteiger partial charge in [-0.3, -0.25) is 14.2 Å². The van der Waals surface area contributed by atoms with Crippen LogP contribution in [0.1, 0.15) is 76.0 Å². The van der Waals surface area contributed by atoms with Gasteiger partial charge in [0.25, 0.3) is 5.56 Å². The smallest absolute Gasteiger partial charge is 0.333 e. The molecule has 1 saturated heterocycles. The van der Waals surface area contributed by atoms with E-state index < -0.39 is 22.9 Å². The molecule has 7 rings (SSSR count). The lowest BCUT2D eigenvalue weighted by Gasteiger charge is -2.35. The quantitative estimate of drug-likeness (QED) is 0.255. The van der Waals surface area contributed by atoms with Crippen molar-refractivity contribution in [3.8, 4) is 16.5 Å². The molecule has 1 aliphatic heterocycles. The number of hydrogen-bond acceptors (Lipinski definition) is 9. The highest BCUT2D eigenvalue weighted by molar-refractivity contribution is 7.22. The maximum absolute atomic E-state index is 14.8. The minimum absolute atomic E-state index is 0.0652. The fourth-order valence-corrected chi connectivity index (χ4v) is 9.55. The van der Waals surface area contributed by atoms with E-state index in [1.165, 1.54) is 17.6 Å². The zero-order chi connectivity index (χ0) is 33.7. The standard InChI is InChI=1S/C36H44N4O7S/c1-21-29-32(42)40(36(2,3)34(43)38-13-8-5-9-14-38)35(44)39(33(29)48-30(21)31-37-12-15-46-31)20-28(26-10-6-7-11-27(26)45-4)47-25-18-22-16-24(41)17-23(22)19-25/h6-7,10-12,15,22-25,28,41H,5,8-9,13-14,16-20H2,1-4H3. The molecule has 3 aromatic heterocycles. The molecule has 0 radical (unpaired) electrons. The third kappa shape index (κ3) is 5.71. The molecule has 1 N–H and O–H groups in total. The number of aliphatic hydroxyl groups excluding tert-OH is 1. The van der Waals surface area contributed by atoms with Crippen molar-refractivity contribution in [3.05, 3.63) is 68.7 Å². The van der Waals surface area contributed by atoms with E-state index in [1.807, 2.05) is 31.2 Å². The van der Waals surface area contributed by atoms with Crippen LogP contribution >= 0.6 is 11.3 Å². The number of likely N-dealkylation sites (tertiary alicyclic amines) is 1. The maximum Gasteiger partial charge on any atom is 0.333 e. The Morgan fingerprint density at radius 3 is 2.48 bits per heavy atom. The highest BCUT2D eigenvalue weighted by Crippen LogP contribution is 2.47. The van der Waals surface area contributed by atoms with Crippen LogP contribution in [0.2, 0.25) is 0 Å². The Bertz CT molecular complexity index is 1910. The van der Waals surface area contributed by atoms with Crippen LogP contribution in [0.15, 0.2) is 50.7 Å². The summed E-state index contributed by atoms with van der Waals surface area (Å²) in [6, 6.07) is 7.64. The Morgan fingerprint density at radius 1 is 1.10 bits per heavy atom. The number of para-hydroxylation sites is 1. The van der Waals surface area contributed by atoms with E-state index in [-0.39, 0.29) is 24.7 Å². The van der Waals surface area contributed by atoms with Crippen LogP contribution in [-0.4, -0.2) is 62.4 Å². The number of thiophene rings is 1. The second kappa shape index (κ2) is 12.9. The van der Waals surface area contributed by atoms with Crippen LogP contribution in [0.4, 0.5) is 0 Å². The van der Waals surface area contributed by atoms with Crippen molar-refractivity contribution in [2.24, 2.45) is 11.8 Å². The molecule has 3 fully saturated rings. The van der Waals surface area contributed by atoms with Crippen LogP contribution in [0.5, 0.6) is 5.75 Å². The number of carbonyl (C=O) groups excluding carboxylic acids is 1. The van der Waals surface area contributed by atoms with Crippen molar-refractivity contribution in [1.82, 2.24) is 19.0 Å². The summed E-state index contributed by atoms with van der Waals surface area (Å²) < 4.78 is 21.1. The van der Waals surface area contributed by atoms with Crippen LogP contribution in [-0.2, 0) is 21.6 Å². The molecule has 48 heavy (non-hydrogen) atoms. The summed E-state index contributed by atoms with van der Waals surface area (Å²) in [5, 5.41) is 10.6. The van der Waals surface area contributed by atoms with Gasteiger partial charge in [0, 0.05) is 18.7 Å². The second-order valence-electron chi connectivity index (χ2n) is 14.1. The first-order chi connectivity index (χ1) is 23.1. The summed E-state index contributed by atoms with van der Waals surface area (Å²) in [6.07, 6.45) is 8.18. The molecule has 1 amide bonds. The SMILES string of the molecule is COc1ccccc1C(Cn1c(=O)n(C(C)(C)C(=O)N2CCCCC2)c(=O)c2c(C)c(-c3ncco3)sc21)OC1CC2CC(O)CC2C1. The number of ether oxygens (including phenoxy) is 2. The van der Waals surface area contributed by atoms with Gasteiger partial charge in [0.2, 0.25) is 11.8 Å². The summed E-state index contributed by atoms with van der Waals surface area (Å²) in [5.74, 6) is 1.57. The number of benzene rings is 1. The molecule has 4 heterocycles. The number of piperidine rings is 1. The van der Waals surface area contributed by atoms with Crippen molar-refractivity contribution >= 4 is 27.5 Å². The number of aryl methyl sites for hydroxylation is 1. The predicted octanol–water partition coefficient (Wildman–Crippen LogP) is 5.25. The van der Waals surface area contributed by atoms with E-state index in [0.717, 1.165) is 55.1 Å². The molecule has 0 bridgehead atoms. The van der Waals surface area contributed by atoms with Crippen LogP contribution < -0.4 is 16.0 Å². The van der Waals surface area contributed by atoms with Crippen LogP contribution in [0.25, 0.3) is 21.0 Å². The molecule has 3 aliphatic rings. The van der Waals surface area contributed by atoms with Crippen molar-refractivity contribution < 1.29 is 23.8 Å². The molecular formula is C36H44N4O7S. The number of rotatable bonds is 9. The molecule has 0 spiro atoms. The second-order valence-corrected chi connectivity index (χ2v) is 15.1. The third-order valence-electron chi connectivity index (χ3n) is 10.7. The zero-order valence-electron chi connectivity index (χ0n) is 28.0. The Hall–Kier alpha value is -3.74. The molecule has 256 valence electrons. The first-order valence-electron chi connectivity index (χ1n) is 17.0. The third-order valence-corrected chi connectivity index (χ3v) is 12.0. The zero-order valence-corrected chi connectivity index (χ0v) is 28.8. The summed E-state index contributed by atoms with van der Waals surface area (Å²) in [5.41, 5.74) is -1.09. The average Bonchev–Trinajstić information content (AvgIpc) is 3.87. The van der Waals surface area contributed by atoms with Crippen molar-refractivity contribution in [2.45, 2.75) is 96.1 Å². The fraction of sp³-hybridized carbons (Fsp3) is 0.556. The van der Waals surface area contributed by atoms with E-state index in [0.29, 0.717) is 57.2 Å². The number of aliphatic hydroxyl groups is 1. The Balaban J connectivity index is 1.38. The van der Waals surface area contributed by atoms with E-state index in [2.05, 4.69) is 4.98 Å². The summed E-state index contributed by atoms with van der Waals surface area (Å²) in [6.45, 7) is 6.45. The van der Waals surface area contributed by atoms with E-state index in [1.54, 1.807) is 36.6 Å². The van der Waals surface area contributed by atoms with Gasteiger partial charge in [-0.15, -0.1) is 11.3 Å². The number of hydrogen-bond donors (Lipinski definition) is 1. The summed E-state index contributed by atoms with van der Waals surface area (Å²) in [4.78, 5) is 50.6. The molecule has 3 atom stereocenters. The predicted molar refractivity (Wildman–Crippen MR) is 182 cm³/mol. The van der Waals surface area contributed by atoms with Crippen molar-refractivity contribution in [3.63, 3.8) is 0 Å². The number of methoxy groups -OCH3 is 1. The van der Waals surface area contributed by atoms with Gasteiger partial charge in [-0.2, -0.15) is 0 Å². The first-order valence-corrected chi connectivity index (χ1v) is 17.8. The fourth-order valence-electron chi connectivity index (χ4n) is 8.30. The molecule has 11 nitrogen and oxygen atoms in total. The summed E-state index contributed by atoms with van der Waals surface area (Å²) >= 11 is 1.28. The van der Waals surface area contributed by atoms with Crippen LogP contribution in [0, 0.1) is 18.8 Å². The minimum Gasteiger partial charge on any atom is -0.496 e. The maximum atomic E-state index is 14.8. The lowest BCUT2D eigenvalue weighted by atomic mass is 10.00. The Labute approximate surface area is 283 Å². The highest BCUT2D eigenvalue weighted by atomic mass is 32.1. The van der Waals surface area contributed by atoms with Crippen molar-refractivity contribution in [1.29, 1.82) is 0 Å².